The maximum atomic E-state index is 15.0. The molecule has 8 nitrogen and oxygen atoms in total. The lowest BCUT2D eigenvalue weighted by atomic mass is 10.0. The zero-order valence-corrected chi connectivity index (χ0v) is 27.7. The van der Waals surface area contributed by atoms with Crippen molar-refractivity contribution in [2.75, 3.05) is 18.0 Å². The molecular formula is C35H37ClFN3O5S. The van der Waals surface area contributed by atoms with E-state index in [0.717, 1.165) is 9.87 Å². The summed E-state index contributed by atoms with van der Waals surface area (Å²) in [5.74, 6) is -1.27. The number of ether oxygens (including phenoxy) is 1. The van der Waals surface area contributed by atoms with Crippen molar-refractivity contribution in [3.05, 3.63) is 125 Å². The topological polar surface area (TPSA) is 96.0 Å². The number of anilines is 1. The van der Waals surface area contributed by atoms with E-state index >= 15 is 4.39 Å². The fourth-order valence-corrected chi connectivity index (χ4v) is 6.37. The van der Waals surface area contributed by atoms with Crippen LogP contribution in [-0.4, -0.2) is 50.4 Å². The molecule has 4 aromatic rings. The number of nitrogens with one attached hydrogen (secondary N) is 1. The molecule has 0 saturated heterocycles. The van der Waals surface area contributed by atoms with Crippen LogP contribution in [0.3, 0.4) is 0 Å². The van der Waals surface area contributed by atoms with Gasteiger partial charge in [-0.1, -0.05) is 60.1 Å². The quantitative estimate of drug-likeness (QED) is 0.193. The first kappa shape index (κ1) is 34.5. The average Bonchev–Trinajstić information content (AvgIpc) is 3.02. The number of methoxy groups -OCH3 is 1. The van der Waals surface area contributed by atoms with E-state index in [4.69, 9.17) is 16.3 Å². The highest BCUT2D eigenvalue weighted by molar-refractivity contribution is 7.92. The summed E-state index contributed by atoms with van der Waals surface area (Å²) >= 11 is 6.11. The molecule has 0 heterocycles. The first-order valence-corrected chi connectivity index (χ1v) is 16.4. The molecule has 0 bridgehead atoms. The van der Waals surface area contributed by atoms with E-state index in [0.29, 0.717) is 10.8 Å². The summed E-state index contributed by atoms with van der Waals surface area (Å²) in [4.78, 5) is 29.5. The van der Waals surface area contributed by atoms with Gasteiger partial charge in [0.25, 0.3) is 10.0 Å². The predicted octanol–water partition coefficient (Wildman–Crippen LogP) is 6.24. The summed E-state index contributed by atoms with van der Waals surface area (Å²) in [6.07, 6.45) is 0.106. The van der Waals surface area contributed by atoms with E-state index in [1.54, 1.807) is 6.07 Å². The van der Waals surface area contributed by atoms with Crippen LogP contribution in [0.1, 0.15) is 31.9 Å². The monoisotopic (exact) mass is 665 g/mol. The molecule has 1 atom stereocenters. The third kappa shape index (κ3) is 8.86. The summed E-state index contributed by atoms with van der Waals surface area (Å²) in [5.41, 5.74) is 0.473. The van der Waals surface area contributed by atoms with Crippen LogP contribution < -0.4 is 14.4 Å². The second kappa shape index (κ2) is 14.8. The Hall–Kier alpha value is -4.41. The van der Waals surface area contributed by atoms with Crippen LogP contribution in [-0.2, 0) is 32.6 Å². The van der Waals surface area contributed by atoms with Crippen molar-refractivity contribution in [1.29, 1.82) is 0 Å². The zero-order valence-electron chi connectivity index (χ0n) is 26.1. The third-order valence-electron chi connectivity index (χ3n) is 7.11. The van der Waals surface area contributed by atoms with Crippen LogP contribution >= 0.6 is 11.6 Å². The number of hydrogen-bond acceptors (Lipinski definition) is 5. The lowest BCUT2D eigenvalue weighted by molar-refractivity contribution is -0.140. The second-order valence-electron chi connectivity index (χ2n) is 11.7. The van der Waals surface area contributed by atoms with Gasteiger partial charge in [0.15, 0.2) is 0 Å². The van der Waals surface area contributed by atoms with Gasteiger partial charge in [0.2, 0.25) is 11.8 Å². The number of carbonyl (C=O) groups is 2. The van der Waals surface area contributed by atoms with Gasteiger partial charge in [0.1, 0.15) is 24.2 Å². The average molecular weight is 666 g/mol. The van der Waals surface area contributed by atoms with E-state index in [-0.39, 0.29) is 29.1 Å². The largest absolute Gasteiger partial charge is 0.497 e. The lowest BCUT2D eigenvalue weighted by Gasteiger charge is -2.35. The van der Waals surface area contributed by atoms with Crippen molar-refractivity contribution in [3.8, 4) is 5.75 Å². The lowest BCUT2D eigenvalue weighted by Crippen LogP contribution is -2.56. The maximum Gasteiger partial charge on any atom is 0.264 e. The Balaban J connectivity index is 1.82. The van der Waals surface area contributed by atoms with Gasteiger partial charge >= 0.3 is 0 Å². The van der Waals surface area contributed by atoms with Crippen LogP contribution in [0.2, 0.25) is 5.02 Å². The minimum absolute atomic E-state index is 0.0805. The van der Waals surface area contributed by atoms with Crippen molar-refractivity contribution >= 4 is 39.1 Å². The van der Waals surface area contributed by atoms with Gasteiger partial charge in [-0.15, -0.1) is 0 Å². The van der Waals surface area contributed by atoms with Crippen LogP contribution in [0.5, 0.6) is 5.75 Å². The summed E-state index contributed by atoms with van der Waals surface area (Å²) in [5, 5.41) is 3.32. The number of benzene rings is 4. The molecule has 0 aliphatic heterocycles. The Morgan fingerprint density at radius 2 is 1.50 bits per heavy atom. The van der Waals surface area contributed by atoms with E-state index in [2.05, 4.69) is 5.32 Å². The molecule has 2 amide bonds. The Morgan fingerprint density at radius 3 is 2.09 bits per heavy atom. The number of nitrogens with zero attached hydrogens (tertiary/aromatic N) is 2. The fourth-order valence-electron chi connectivity index (χ4n) is 4.83. The van der Waals surface area contributed by atoms with Crippen molar-refractivity contribution < 1.29 is 27.1 Å². The fraction of sp³-hybridized carbons (Fsp3) is 0.257. The van der Waals surface area contributed by atoms with Crippen LogP contribution in [0.25, 0.3) is 0 Å². The van der Waals surface area contributed by atoms with Gasteiger partial charge in [0.05, 0.1) is 17.7 Å². The minimum Gasteiger partial charge on any atom is -0.497 e. The van der Waals surface area contributed by atoms with Gasteiger partial charge < -0.3 is 15.0 Å². The Kier molecular flexibility index (Phi) is 11.1. The second-order valence-corrected chi connectivity index (χ2v) is 14.0. The zero-order chi connectivity index (χ0) is 33.5. The molecule has 4 aromatic carbocycles. The highest BCUT2D eigenvalue weighted by Gasteiger charge is 2.36. The molecule has 242 valence electrons. The molecule has 0 unspecified atom stereocenters. The molecular weight excluding hydrogens is 629 g/mol. The first-order chi connectivity index (χ1) is 21.8. The first-order valence-electron chi connectivity index (χ1n) is 14.6. The molecule has 4 rings (SSSR count). The SMILES string of the molecule is COc1ccc(S(=O)(=O)N(CC(=O)N(Cc2ccccc2F)[C@@H](Cc2ccccc2)C(=O)NC(C)(C)C)c2ccc(Cl)cc2)cc1. The van der Waals surface area contributed by atoms with Crippen molar-refractivity contribution in [2.45, 2.75) is 50.2 Å². The predicted molar refractivity (Wildman–Crippen MR) is 178 cm³/mol. The Labute approximate surface area is 274 Å². The van der Waals surface area contributed by atoms with Crippen LogP contribution in [0, 0.1) is 5.82 Å². The number of rotatable bonds is 12. The molecule has 0 radical (unpaired) electrons. The van der Waals surface area contributed by atoms with E-state index in [9.17, 15) is 18.0 Å². The van der Waals surface area contributed by atoms with Crippen molar-refractivity contribution in [3.63, 3.8) is 0 Å². The minimum atomic E-state index is -4.32. The number of halogens is 2. The van der Waals surface area contributed by atoms with Gasteiger partial charge in [-0.25, -0.2) is 12.8 Å². The van der Waals surface area contributed by atoms with Gasteiger partial charge in [-0.3, -0.25) is 13.9 Å². The summed E-state index contributed by atoms with van der Waals surface area (Å²) in [6, 6.07) is 25.8. The standard InChI is InChI=1S/C35H37ClFN3O5S/c1-35(2,3)38-34(42)32(22-25-10-6-5-7-11-25)39(23-26-12-8-9-13-31(26)37)33(41)24-40(28-16-14-27(36)15-17-28)46(43,44)30-20-18-29(45-4)19-21-30/h5-21,32H,22-24H2,1-4H3,(H,38,42)/t32-/m0/s1. The number of hydrogen-bond donors (Lipinski definition) is 1. The molecule has 0 spiro atoms. The molecule has 0 aromatic heterocycles. The van der Waals surface area contributed by atoms with E-state index in [1.807, 2.05) is 51.1 Å². The molecule has 11 heteroatoms. The normalized spacial score (nSPS) is 12.2. The Bertz CT molecular complexity index is 1750. The maximum absolute atomic E-state index is 15.0. The third-order valence-corrected chi connectivity index (χ3v) is 9.15. The van der Waals surface area contributed by atoms with Crippen LogP contribution in [0.4, 0.5) is 10.1 Å². The van der Waals surface area contributed by atoms with Gasteiger partial charge in [0, 0.05) is 29.1 Å². The number of sulfonamides is 1. The Morgan fingerprint density at radius 1 is 0.891 bits per heavy atom. The van der Waals surface area contributed by atoms with Crippen molar-refractivity contribution in [2.24, 2.45) is 0 Å². The van der Waals surface area contributed by atoms with E-state index < -0.39 is 45.8 Å². The summed E-state index contributed by atoms with van der Waals surface area (Å²) in [7, 11) is -2.86. The number of amides is 2. The highest BCUT2D eigenvalue weighted by atomic mass is 35.5. The smallest absolute Gasteiger partial charge is 0.264 e. The molecule has 0 fully saturated rings. The van der Waals surface area contributed by atoms with E-state index in [1.165, 1.54) is 78.7 Å². The highest BCUT2D eigenvalue weighted by Crippen LogP contribution is 2.28. The van der Waals surface area contributed by atoms with Gasteiger partial charge in [-0.05, 0) is 80.9 Å². The van der Waals surface area contributed by atoms with Crippen LogP contribution in [0.15, 0.2) is 108 Å². The molecule has 46 heavy (non-hydrogen) atoms. The van der Waals surface area contributed by atoms with Crippen molar-refractivity contribution in [1.82, 2.24) is 10.2 Å². The van der Waals surface area contributed by atoms with Gasteiger partial charge in [-0.2, -0.15) is 0 Å². The summed E-state index contributed by atoms with van der Waals surface area (Å²) in [6.45, 7) is 4.49. The molecule has 0 aliphatic rings. The number of carbonyl (C=O) groups excluding carboxylic acids is 2. The molecule has 1 N–H and O–H groups in total. The summed E-state index contributed by atoms with van der Waals surface area (Å²) < 4.78 is 49.4. The molecule has 0 aliphatic carbocycles. The molecule has 0 saturated carbocycles.